The summed E-state index contributed by atoms with van der Waals surface area (Å²) in [6.45, 7) is 0.112. The lowest BCUT2D eigenvalue weighted by atomic mass is 10.2. The number of aromatic hydroxyl groups is 1. The number of ketones is 1. The molecule has 0 unspecified atom stereocenters. The van der Waals surface area contributed by atoms with Gasteiger partial charge in [-0.25, -0.2) is 4.98 Å². The number of carbonyl (C=O) groups excluding carboxylic acids is 2. The van der Waals surface area contributed by atoms with Crippen molar-refractivity contribution in [3.05, 3.63) is 29.6 Å². The molecule has 1 aliphatic rings. The normalized spacial score (nSPS) is 15.3. The Morgan fingerprint density at radius 3 is 2.58 bits per heavy atom. The number of anilines is 1. The molecule has 3 rings (SSSR count). The average Bonchev–Trinajstić information content (AvgIpc) is 2.97. The summed E-state index contributed by atoms with van der Waals surface area (Å²) < 4.78 is 0. The third-order valence-electron chi connectivity index (χ3n) is 2.87. The van der Waals surface area contributed by atoms with Crippen molar-refractivity contribution in [1.29, 1.82) is 0 Å². The largest absolute Gasteiger partial charge is 0.508 e. The Morgan fingerprint density at radius 2 is 1.95 bits per heavy atom. The number of benzene rings is 1. The summed E-state index contributed by atoms with van der Waals surface area (Å²) in [7, 11) is 0. The Hall–Kier alpha value is -2.21. The van der Waals surface area contributed by atoms with Crippen LogP contribution < -0.4 is 4.90 Å². The third kappa shape index (κ3) is 2.22. The van der Waals surface area contributed by atoms with Crippen LogP contribution in [0.4, 0.5) is 5.13 Å². The van der Waals surface area contributed by atoms with Gasteiger partial charge in [0.15, 0.2) is 10.9 Å². The molecule has 2 aromatic rings. The van der Waals surface area contributed by atoms with E-state index in [-0.39, 0.29) is 30.4 Å². The molecule has 1 N–H and O–H groups in total. The lowest BCUT2D eigenvalue weighted by Gasteiger charge is -2.09. The van der Waals surface area contributed by atoms with Crippen LogP contribution in [0.15, 0.2) is 29.6 Å². The van der Waals surface area contributed by atoms with Gasteiger partial charge in [0.1, 0.15) is 5.75 Å². The van der Waals surface area contributed by atoms with Crippen LogP contribution in [0.25, 0.3) is 11.3 Å². The van der Waals surface area contributed by atoms with E-state index in [9.17, 15) is 14.7 Å². The first kappa shape index (κ1) is 11.9. The maximum atomic E-state index is 11.6. The van der Waals surface area contributed by atoms with Gasteiger partial charge >= 0.3 is 0 Å². The van der Waals surface area contributed by atoms with E-state index in [2.05, 4.69) is 4.98 Å². The van der Waals surface area contributed by atoms with Crippen LogP contribution >= 0.6 is 11.3 Å². The van der Waals surface area contributed by atoms with Crippen molar-refractivity contribution in [2.45, 2.75) is 6.42 Å². The fraction of sp³-hybridized carbons (Fsp3) is 0.154. The fourth-order valence-electron chi connectivity index (χ4n) is 1.91. The molecule has 0 spiro atoms. The molecule has 0 bridgehead atoms. The minimum Gasteiger partial charge on any atom is -0.508 e. The minimum atomic E-state index is -0.198. The number of nitrogens with zero attached hydrogens (tertiary/aromatic N) is 2. The second kappa shape index (κ2) is 4.47. The number of hydrogen-bond donors (Lipinski definition) is 1. The lowest BCUT2D eigenvalue weighted by molar-refractivity contribution is -0.121. The van der Waals surface area contributed by atoms with Gasteiger partial charge in [0, 0.05) is 10.9 Å². The van der Waals surface area contributed by atoms with Crippen molar-refractivity contribution in [1.82, 2.24) is 4.98 Å². The fourth-order valence-corrected chi connectivity index (χ4v) is 2.76. The Balaban J connectivity index is 1.89. The van der Waals surface area contributed by atoms with Gasteiger partial charge in [-0.2, -0.15) is 0 Å². The number of rotatable bonds is 2. The summed E-state index contributed by atoms with van der Waals surface area (Å²) in [6.07, 6.45) is -0.0336. The number of hydrogen-bond acceptors (Lipinski definition) is 5. The van der Waals surface area contributed by atoms with Crippen LogP contribution in [0.3, 0.4) is 0 Å². The molecular weight excluding hydrogens is 264 g/mol. The number of amides is 1. The Bertz CT molecular complexity index is 648. The van der Waals surface area contributed by atoms with Gasteiger partial charge in [-0.3, -0.25) is 14.5 Å². The Kier molecular flexibility index (Phi) is 2.79. The summed E-state index contributed by atoms with van der Waals surface area (Å²) in [6, 6.07) is 6.67. The number of aromatic nitrogens is 1. The topological polar surface area (TPSA) is 70.5 Å². The number of carbonyl (C=O) groups is 2. The molecule has 19 heavy (non-hydrogen) atoms. The number of phenolic OH excluding ortho intramolecular Hbond substituents is 1. The summed E-state index contributed by atoms with van der Waals surface area (Å²) in [5, 5.41) is 11.6. The highest BCUT2D eigenvalue weighted by Gasteiger charge is 2.30. The molecule has 1 fully saturated rings. The molecule has 0 radical (unpaired) electrons. The standard InChI is InChI=1S/C13H10N2O3S/c16-9-3-1-8(2-4-9)11-7-19-13(14-11)15-6-10(17)5-12(15)18/h1-4,7,16H,5-6H2. The highest BCUT2D eigenvalue weighted by molar-refractivity contribution is 7.14. The average molecular weight is 274 g/mol. The van der Waals surface area contributed by atoms with E-state index < -0.39 is 0 Å². The molecule has 5 nitrogen and oxygen atoms in total. The van der Waals surface area contributed by atoms with E-state index in [0.717, 1.165) is 11.3 Å². The Labute approximate surface area is 113 Å². The predicted molar refractivity (Wildman–Crippen MR) is 71.2 cm³/mol. The van der Waals surface area contributed by atoms with E-state index in [0.29, 0.717) is 5.13 Å². The van der Waals surface area contributed by atoms with Crippen molar-refractivity contribution < 1.29 is 14.7 Å². The molecular formula is C13H10N2O3S. The summed E-state index contributed by atoms with van der Waals surface area (Å²) in [5.74, 6) is -0.0810. The monoisotopic (exact) mass is 274 g/mol. The van der Waals surface area contributed by atoms with Crippen LogP contribution in [0.2, 0.25) is 0 Å². The zero-order chi connectivity index (χ0) is 13.4. The van der Waals surface area contributed by atoms with Crippen LogP contribution in [-0.4, -0.2) is 28.3 Å². The van der Waals surface area contributed by atoms with E-state index in [1.807, 2.05) is 5.38 Å². The zero-order valence-corrected chi connectivity index (χ0v) is 10.7. The summed E-state index contributed by atoms with van der Waals surface area (Å²) in [5.41, 5.74) is 1.59. The molecule has 0 aliphatic carbocycles. The number of thiazole rings is 1. The van der Waals surface area contributed by atoms with Gasteiger partial charge in [-0.15, -0.1) is 11.3 Å². The van der Waals surface area contributed by atoms with Crippen LogP contribution in [-0.2, 0) is 9.59 Å². The molecule has 2 heterocycles. The minimum absolute atomic E-state index is 0.0336. The summed E-state index contributed by atoms with van der Waals surface area (Å²) >= 11 is 1.33. The molecule has 6 heteroatoms. The zero-order valence-electron chi connectivity index (χ0n) is 9.87. The first-order chi connectivity index (χ1) is 9.13. The van der Waals surface area contributed by atoms with Gasteiger partial charge in [0.25, 0.3) is 0 Å². The third-order valence-corrected chi connectivity index (χ3v) is 3.73. The van der Waals surface area contributed by atoms with Gasteiger partial charge in [-0.05, 0) is 24.3 Å². The van der Waals surface area contributed by atoms with Gasteiger partial charge in [0.05, 0.1) is 18.7 Å². The van der Waals surface area contributed by atoms with Crippen molar-refractivity contribution in [2.75, 3.05) is 11.4 Å². The van der Waals surface area contributed by atoms with Crippen LogP contribution in [0.1, 0.15) is 6.42 Å². The molecule has 1 amide bonds. The maximum absolute atomic E-state index is 11.6. The molecule has 1 aromatic heterocycles. The van der Waals surface area contributed by atoms with Crippen molar-refractivity contribution in [3.63, 3.8) is 0 Å². The Morgan fingerprint density at radius 1 is 1.21 bits per heavy atom. The van der Waals surface area contributed by atoms with Gasteiger partial charge in [-0.1, -0.05) is 0 Å². The smallest absolute Gasteiger partial charge is 0.236 e. The second-order valence-corrected chi connectivity index (χ2v) is 5.09. The number of phenols is 1. The quantitative estimate of drug-likeness (QED) is 0.848. The van der Waals surface area contributed by atoms with Crippen LogP contribution in [0.5, 0.6) is 5.75 Å². The molecule has 0 atom stereocenters. The SMILES string of the molecule is O=C1CC(=O)N(c2nc(-c3ccc(O)cc3)cs2)C1. The van der Waals surface area contributed by atoms with E-state index in [4.69, 9.17) is 0 Å². The first-order valence-corrected chi connectivity index (χ1v) is 6.58. The predicted octanol–water partition coefficient (Wildman–Crippen LogP) is 1.82. The second-order valence-electron chi connectivity index (χ2n) is 4.26. The highest BCUT2D eigenvalue weighted by atomic mass is 32.1. The van der Waals surface area contributed by atoms with Gasteiger partial charge in [0.2, 0.25) is 5.91 Å². The van der Waals surface area contributed by atoms with E-state index in [1.165, 1.54) is 16.2 Å². The van der Waals surface area contributed by atoms with Crippen molar-refractivity contribution in [2.24, 2.45) is 0 Å². The highest BCUT2D eigenvalue weighted by Crippen LogP contribution is 2.29. The first-order valence-electron chi connectivity index (χ1n) is 5.70. The van der Waals surface area contributed by atoms with Crippen molar-refractivity contribution in [3.8, 4) is 17.0 Å². The molecule has 1 aromatic carbocycles. The van der Waals surface area contributed by atoms with E-state index in [1.54, 1.807) is 24.3 Å². The van der Waals surface area contributed by atoms with Crippen LogP contribution in [0, 0.1) is 0 Å². The van der Waals surface area contributed by atoms with Crippen molar-refractivity contribution >= 4 is 28.2 Å². The molecule has 1 saturated heterocycles. The lowest BCUT2D eigenvalue weighted by Crippen LogP contribution is -2.24. The summed E-state index contributed by atoms with van der Waals surface area (Å²) in [4.78, 5) is 28.6. The number of Topliss-reactive ketones (excluding diaryl/α,β-unsaturated/α-hetero) is 1. The molecule has 0 saturated carbocycles. The van der Waals surface area contributed by atoms with E-state index >= 15 is 0 Å². The maximum Gasteiger partial charge on any atom is 0.236 e. The molecule has 1 aliphatic heterocycles. The molecule has 96 valence electrons. The van der Waals surface area contributed by atoms with Gasteiger partial charge < -0.3 is 5.11 Å².